The van der Waals surface area contributed by atoms with Gasteiger partial charge in [-0.25, -0.2) is 0 Å². The maximum Gasteiger partial charge on any atom is 0.231 e. The standard InChI is InChI=1S/C19H23NO2/c1-3-4-14-20(17-11-6-5-7-12-17)19(21)15-16-10-8-9-13-18(16)22-2/h5-13H,3-4,14-15H2,1-2H3. The number of carbonyl (C=O) groups excluding carboxylic acids is 1. The fourth-order valence-corrected chi connectivity index (χ4v) is 2.43. The van der Waals surface area contributed by atoms with Crippen molar-refractivity contribution in [2.75, 3.05) is 18.6 Å². The molecule has 0 saturated heterocycles. The maximum absolute atomic E-state index is 12.8. The Bertz CT molecular complexity index is 595. The molecule has 3 nitrogen and oxygen atoms in total. The number of hydrogen-bond donors (Lipinski definition) is 0. The van der Waals surface area contributed by atoms with Crippen LogP contribution in [0.4, 0.5) is 5.69 Å². The summed E-state index contributed by atoms with van der Waals surface area (Å²) in [6.07, 6.45) is 2.40. The highest BCUT2D eigenvalue weighted by Crippen LogP contribution is 2.21. The second-order valence-corrected chi connectivity index (χ2v) is 5.22. The SMILES string of the molecule is CCCCN(C(=O)Cc1ccccc1OC)c1ccccc1. The summed E-state index contributed by atoms with van der Waals surface area (Å²) in [5.41, 5.74) is 1.88. The van der Waals surface area contributed by atoms with E-state index >= 15 is 0 Å². The predicted octanol–water partition coefficient (Wildman–Crippen LogP) is 4.07. The van der Waals surface area contributed by atoms with Crippen LogP contribution in [-0.2, 0) is 11.2 Å². The number of unbranched alkanes of at least 4 members (excludes halogenated alkanes) is 1. The quantitative estimate of drug-likeness (QED) is 0.771. The molecule has 2 aromatic rings. The number of nitrogens with zero attached hydrogens (tertiary/aromatic N) is 1. The van der Waals surface area contributed by atoms with E-state index < -0.39 is 0 Å². The zero-order valence-electron chi connectivity index (χ0n) is 13.3. The van der Waals surface area contributed by atoms with Crippen LogP contribution in [-0.4, -0.2) is 19.6 Å². The number of rotatable bonds is 7. The van der Waals surface area contributed by atoms with Gasteiger partial charge >= 0.3 is 0 Å². The van der Waals surface area contributed by atoms with Gasteiger partial charge in [0.1, 0.15) is 5.75 Å². The summed E-state index contributed by atoms with van der Waals surface area (Å²) < 4.78 is 5.34. The average molecular weight is 297 g/mol. The summed E-state index contributed by atoms with van der Waals surface area (Å²) in [5, 5.41) is 0. The average Bonchev–Trinajstić information content (AvgIpc) is 2.56. The van der Waals surface area contributed by atoms with E-state index in [0.29, 0.717) is 6.42 Å². The topological polar surface area (TPSA) is 29.5 Å². The molecule has 0 radical (unpaired) electrons. The first-order valence-corrected chi connectivity index (χ1v) is 7.73. The Hall–Kier alpha value is -2.29. The fourth-order valence-electron chi connectivity index (χ4n) is 2.43. The van der Waals surface area contributed by atoms with E-state index in [0.717, 1.165) is 36.4 Å². The summed E-state index contributed by atoms with van der Waals surface area (Å²) in [6, 6.07) is 17.5. The molecule has 0 spiro atoms. The van der Waals surface area contributed by atoms with Crippen LogP contribution in [0.1, 0.15) is 25.3 Å². The van der Waals surface area contributed by atoms with Gasteiger partial charge in [0.25, 0.3) is 0 Å². The van der Waals surface area contributed by atoms with Gasteiger partial charge in [0.2, 0.25) is 5.91 Å². The van der Waals surface area contributed by atoms with E-state index in [1.54, 1.807) is 7.11 Å². The van der Waals surface area contributed by atoms with E-state index in [1.165, 1.54) is 0 Å². The van der Waals surface area contributed by atoms with E-state index in [1.807, 2.05) is 59.5 Å². The van der Waals surface area contributed by atoms with Crippen LogP contribution in [0.25, 0.3) is 0 Å². The van der Waals surface area contributed by atoms with Gasteiger partial charge in [0.15, 0.2) is 0 Å². The minimum absolute atomic E-state index is 0.101. The van der Waals surface area contributed by atoms with E-state index in [9.17, 15) is 4.79 Å². The molecular formula is C19H23NO2. The van der Waals surface area contributed by atoms with Gasteiger partial charge in [-0.2, -0.15) is 0 Å². The van der Waals surface area contributed by atoms with Crippen LogP contribution >= 0.6 is 0 Å². The Morgan fingerprint density at radius 1 is 1.05 bits per heavy atom. The van der Waals surface area contributed by atoms with Crippen LogP contribution in [0.3, 0.4) is 0 Å². The first kappa shape index (κ1) is 16.1. The molecule has 1 amide bonds. The van der Waals surface area contributed by atoms with E-state index in [2.05, 4.69) is 6.92 Å². The monoisotopic (exact) mass is 297 g/mol. The Morgan fingerprint density at radius 2 is 1.73 bits per heavy atom. The molecule has 0 N–H and O–H groups in total. The lowest BCUT2D eigenvalue weighted by Crippen LogP contribution is -2.33. The molecule has 2 aromatic carbocycles. The molecule has 0 aliphatic rings. The fraction of sp³-hybridized carbons (Fsp3) is 0.316. The molecule has 0 heterocycles. The van der Waals surface area contributed by atoms with Crippen molar-refractivity contribution in [3.63, 3.8) is 0 Å². The van der Waals surface area contributed by atoms with Crippen LogP contribution in [0.5, 0.6) is 5.75 Å². The maximum atomic E-state index is 12.8. The summed E-state index contributed by atoms with van der Waals surface area (Å²) in [6.45, 7) is 2.88. The number of para-hydroxylation sites is 2. The minimum atomic E-state index is 0.101. The highest BCUT2D eigenvalue weighted by Gasteiger charge is 2.17. The van der Waals surface area contributed by atoms with Crippen LogP contribution in [0, 0.1) is 0 Å². The van der Waals surface area contributed by atoms with Crippen molar-refractivity contribution in [2.24, 2.45) is 0 Å². The van der Waals surface area contributed by atoms with Crippen LogP contribution in [0.15, 0.2) is 54.6 Å². The number of anilines is 1. The van der Waals surface area contributed by atoms with E-state index in [4.69, 9.17) is 4.74 Å². The number of benzene rings is 2. The minimum Gasteiger partial charge on any atom is -0.496 e. The summed E-state index contributed by atoms with van der Waals surface area (Å²) in [5.74, 6) is 0.864. The molecule has 0 aliphatic heterocycles. The largest absolute Gasteiger partial charge is 0.496 e. The normalized spacial score (nSPS) is 10.3. The second kappa shape index (κ2) is 8.23. The van der Waals surface area contributed by atoms with Crippen LogP contribution in [0.2, 0.25) is 0 Å². The van der Waals surface area contributed by atoms with Crippen molar-refractivity contribution in [2.45, 2.75) is 26.2 Å². The third-order valence-electron chi connectivity index (χ3n) is 3.64. The molecule has 0 fully saturated rings. The molecule has 3 heteroatoms. The molecular weight excluding hydrogens is 274 g/mol. The van der Waals surface area contributed by atoms with Gasteiger partial charge in [-0.3, -0.25) is 4.79 Å². The van der Waals surface area contributed by atoms with Gasteiger partial charge in [-0.1, -0.05) is 49.7 Å². The number of ether oxygens (including phenoxy) is 1. The number of methoxy groups -OCH3 is 1. The molecule has 22 heavy (non-hydrogen) atoms. The highest BCUT2D eigenvalue weighted by atomic mass is 16.5. The molecule has 0 bridgehead atoms. The Balaban J connectivity index is 2.18. The Kier molecular flexibility index (Phi) is 6.01. The first-order chi connectivity index (χ1) is 10.8. The Labute approximate surface area is 132 Å². The van der Waals surface area contributed by atoms with Crippen molar-refractivity contribution in [1.29, 1.82) is 0 Å². The van der Waals surface area contributed by atoms with Crippen molar-refractivity contribution in [1.82, 2.24) is 0 Å². The van der Waals surface area contributed by atoms with Gasteiger partial charge in [-0.15, -0.1) is 0 Å². The van der Waals surface area contributed by atoms with Gasteiger partial charge in [-0.05, 0) is 24.6 Å². The van der Waals surface area contributed by atoms with E-state index in [-0.39, 0.29) is 5.91 Å². The molecule has 116 valence electrons. The number of carbonyl (C=O) groups is 1. The second-order valence-electron chi connectivity index (χ2n) is 5.22. The zero-order valence-corrected chi connectivity index (χ0v) is 13.3. The highest BCUT2D eigenvalue weighted by molar-refractivity contribution is 5.95. The molecule has 0 aromatic heterocycles. The number of amides is 1. The lowest BCUT2D eigenvalue weighted by Gasteiger charge is -2.23. The van der Waals surface area contributed by atoms with Crippen molar-refractivity contribution >= 4 is 11.6 Å². The lowest BCUT2D eigenvalue weighted by molar-refractivity contribution is -0.118. The van der Waals surface area contributed by atoms with Crippen LogP contribution < -0.4 is 9.64 Å². The smallest absolute Gasteiger partial charge is 0.231 e. The Morgan fingerprint density at radius 3 is 2.41 bits per heavy atom. The third-order valence-corrected chi connectivity index (χ3v) is 3.64. The lowest BCUT2D eigenvalue weighted by atomic mass is 10.1. The summed E-state index contributed by atoms with van der Waals surface area (Å²) in [7, 11) is 1.63. The molecule has 0 unspecified atom stereocenters. The van der Waals surface area contributed by atoms with Gasteiger partial charge < -0.3 is 9.64 Å². The molecule has 0 atom stereocenters. The van der Waals surface area contributed by atoms with Crippen molar-refractivity contribution in [3.05, 3.63) is 60.2 Å². The number of hydrogen-bond acceptors (Lipinski definition) is 2. The molecule has 0 aliphatic carbocycles. The van der Waals surface area contributed by atoms with Crippen molar-refractivity contribution < 1.29 is 9.53 Å². The van der Waals surface area contributed by atoms with Gasteiger partial charge in [0, 0.05) is 17.8 Å². The van der Waals surface area contributed by atoms with Gasteiger partial charge in [0.05, 0.1) is 13.5 Å². The summed E-state index contributed by atoms with van der Waals surface area (Å²) >= 11 is 0. The predicted molar refractivity (Wildman–Crippen MR) is 90.4 cm³/mol. The third kappa shape index (κ3) is 4.10. The zero-order chi connectivity index (χ0) is 15.8. The van der Waals surface area contributed by atoms with Crippen molar-refractivity contribution in [3.8, 4) is 5.75 Å². The first-order valence-electron chi connectivity index (χ1n) is 7.73. The molecule has 0 saturated carbocycles. The summed E-state index contributed by atoms with van der Waals surface area (Å²) in [4.78, 5) is 14.6. The molecule has 2 rings (SSSR count).